The third kappa shape index (κ3) is 4.06. The highest BCUT2D eigenvalue weighted by molar-refractivity contribution is 7.99. The van der Waals surface area contributed by atoms with Crippen LogP contribution in [0.1, 0.15) is 15.9 Å². The van der Waals surface area contributed by atoms with Gasteiger partial charge in [0.05, 0.1) is 0 Å². The van der Waals surface area contributed by atoms with Crippen LogP contribution in [0, 0.1) is 0 Å². The highest BCUT2D eigenvalue weighted by Crippen LogP contribution is 2.29. The van der Waals surface area contributed by atoms with E-state index in [9.17, 15) is 4.79 Å². The number of hydrogen-bond acceptors (Lipinski definition) is 3. The maximum absolute atomic E-state index is 12.4. The van der Waals surface area contributed by atoms with Gasteiger partial charge in [0.1, 0.15) is 0 Å². The van der Waals surface area contributed by atoms with Gasteiger partial charge >= 0.3 is 0 Å². The summed E-state index contributed by atoms with van der Waals surface area (Å²) in [5.41, 5.74) is 1.44. The lowest BCUT2D eigenvalue weighted by molar-refractivity contribution is 0.103. The second-order valence-corrected chi connectivity index (χ2v) is 7.02. The number of carbonyl (C=O) groups is 1. The Labute approximate surface area is 145 Å². The number of benzene rings is 3. The van der Waals surface area contributed by atoms with Crippen LogP contribution in [0.3, 0.4) is 0 Å². The second kappa shape index (κ2) is 7.53. The van der Waals surface area contributed by atoms with Crippen LogP contribution in [-0.4, -0.2) is 12.0 Å². The molecule has 0 atom stereocenters. The van der Waals surface area contributed by atoms with Crippen LogP contribution in [0.5, 0.6) is 0 Å². The minimum absolute atomic E-state index is 0.0615. The van der Waals surface area contributed by atoms with Crippen LogP contribution in [0.15, 0.2) is 93.5 Å². The predicted octanol–water partition coefficient (Wildman–Crippen LogP) is 5.79. The van der Waals surface area contributed by atoms with Gasteiger partial charge in [-0.15, -0.1) is 11.8 Å². The molecule has 0 unspecified atom stereocenters. The highest BCUT2D eigenvalue weighted by atomic mass is 32.2. The first-order valence-electron chi connectivity index (χ1n) is 7.28. The van der Waals surface area contributed by atoms with E-state index >= 15 is 0 Å². The fourth-order valence-electron chi connectivity index (χ4n) is 2.21. The molecule has 0 spiro atoms. The zero-order valence-corrected chi connectivity index (χ0v) is 14.4. The van der Waals surface area contributed by atoms with Gasteiger partial charge in [0.2, 0.25) is 0 Å². The lowest BCUT2D eigenvalue weighted by atomic mass is 10.0. The average molecular weight is 336 g/mol. The molecule has 0 aliphatic heterocycles. The van der Waals surface area contributed by atoms with E-state index in [1.807, 2.05) is 54.6 Å². The van der Waals surface area contributed by atoms with E-state index in [0.717, 1.165) is 16.0 Å². The molecule has 114 valence electrons. The standard InChI is InChI=1S/C20H16OS2/c1-22-17-11-13-19(14-12-17)23-18-9-7-16(8-10-18)20(21)15-5-3-2-4-6-15/h2-14H,1H3. The van der Waals surface area contributed by atoms with Crippen molar-refractivity contribution in [1.82, 2.24) is 0 Å². The van der Waals surface area contributed by atoms with Crippen LogP contribution in [-0.2, 0) is 0 Å². The molecule has 23 heavy (non-hydrogen) atoms. The maximum atomic E-state index is 12.4. The van der Waals surface area contributed by atoms with Crippen molar-refractivity contribution in [3.05, 3.63) is 90.0 Å². The molecule has 0 aliphatic carbocycles. The molecule has 0 fully saturated rings. The number of hydrogen-bond donors (Lipinski definition) is 0. The minimum Gasteiger partial charge on any atom is -0.289 e. The number of rotatable bonds is 5. The average Bonchev–Trinajstić information content (AvgIpc) is 2.63. The fraction of sp³-hybridized carbons (Fsp3) is 0.0500. The van der Waals surface area contributed by atoms with Gasteiger partial charge in [0, 0.05) is 25.8 Å². The van der Waals surface area contributed by atoms with E-state index in [0.29, 0.717) is 0 Å². The van der Waals surface area contributed by atoms with Gasteiger partial charge in [0.15, 0.2) is 5.78 Å². The van der Waals surface area contributed by atoms with Gasteiger partial charge in [0.25, 0.3) is 0 Å². The number of ketones is 1. The number of carbonyl (C=O) groups excluding carboxylic acids is 1. The van der Waals surface area contributed by atoms with Crippen molar-refractivity contribution in [2.45, 2.75) is 14.7 Å². The summed E-state index contributed by atoms with van der Waals surface area (Å²) in [5, 5.41) is 0. The Morgan fingerprint density at radius 3 is 1.70 bits per heavy atom. The Balaban J connectivity index is 1.72. The SMILES string of the molecule is CSc1ccc(Sc2ccc(C(=O)c3ccccc3)cc2)cc1. The Bertz CT molecular complexity index is 778. The van der Waals surface area contributed by atoms with E-state index in [1.165, 1.54) is 9.79 Å². The van der Waals surface area contributed by atoms with Crippen LogP contribution in [0.4, 0.5) is 0 Å². The van der Waals surface area contributed by atoms with Gasteiger partial charge in [-0.05, 0) is 54.8 Å². The highest BCUT2D eigenvalue weighted by Gasteiger charge is 2.08. The van der Waals surface area contributed by atoms with Crippen molar-refractivity contribution in [3.8, 4) is 0 Å². The van der Waals surface area contributed by atoms with E-state index in [4.69, 9.17) is 0 Å². The van der Waals surface area contributed by atoms with Crippen molar-refractivity contribution >= 4 is 29.3 Å². The van der Waals surface area contributed by atoms with Crippen molar-refractivity contribution < 1.29 is 4.79 Å². The smallest absolute Gasteiger partial charge is 0.193 e. The molecule has 3 aromatic carbocycles. The van der Waals surface area contributed by atoms with Gasteiger partial charge < -0.3 is 0 Å². The quantitative estimate of drug-likeness (QED) is 0.433. The molecule has 0 aliphatic rings. The van der Waals surface area contributed by atoms with Crippen LogP contribution in [0.25, 0.3) is 0 Å². The van der Waals surface area contributed by atoms with Gasteiger partial charge in [-0.3, -0.25) is 4.79 Å². The summed E-state index contributed by atoms with van der Waals surface area (Å²) < 4.78 is 0. The normalized spacial score (nSPS) is 10.5. The summed E-state index contributed by atoms with van der Waals surface area (Å²) in [7, 11) is 0. The van der Waals surface area contributed by atoms with Crippen molar-refractivity contribution in [3.63, 3.8) is 0 Å². The predicted molar refractivity (Wildman–Crippen MR) is 98.7 cm³/mol. The van der Waals surface area contributed by atoms with E-state index in [2.05, 4.69) is 30.5 Å². The first-order chi connectivity index (χ1) is 11.3. The molecular weight excluding hydrogens is 320 g/mol. The van der Waals surface area contributed by atoms with Crippen molar-refractivity contribution in [2.24, 2.45) is 0 Å². The summed E-state index contributed by atoms with van der Waals surface area (Å²) in [6.45, 7) is 0. The summed E-state index contributed by atoms with van der Waals surface area (Å²) in [4.78, 5) is 16.0. The Morgan fingerprint density at radius 1 is 0.652 bits per heavy atom. The molecule has 3 rings (SSSR count). The largest absolute Gasteiger partial charge is 0.289 e. The molecule has 0 saturated heterocycles. The Morgan fingerprint density at radius 2 is 1.13 bits per heavy atom. The summed E-state index contributed by atoms with van der Waals surface area (Å²) in [5.74, 6) is 0.0615. The van der Waals surface area contributed by atoms with E-state index in [-0.39, 0.29) is 5.78 Å². The lowest BCUT2D eigenvalue weighted by Crippen LogP contribution is -2.00. The molecule has 1 nitrogen and oxygen atoms in total. The first kappa shape index (κ1) is 15.9. The van der Waals surface area contributed by atoms with Crippen LogP contribution in [0.2, 0.25) is 0 Å². The van der Waals surface area contributed by atoms with E-state index in [1.54, 1.807) is 23.5 Å². The Kier molecular flexibility index (Phi) is 5.21. The minimum atomic E-state index is 0.0615. The molecule has 0 amide bonds. The molecule has 0 saturated carbocycles. The topological polar surface area (TPSA) is 17.1 Å². The fourth-order valence-corrected chi connectivity index (χ4v) is 3.44. The molecule has 0 N–H and O–H groups in total. The maximum Gasteiger partial charge on any atom is 0.193 e. The van der Waals surface area contributed by atoms with Gasteiger partial charge in [-0.2, -0.15) is 0 Å². The molecule has 3 aromatic rings. The molecule has 0 bridgehead atoms. The van der Waals surface area contributed by atoms with Crippen molar-refractivity contribution in [2.75, 3.05) is 6.26 Å². The Hall–Kier alpha value is -1.97. The van der Waals surface area contributed by atoms with Gasteiger partial charge in [-0.1, -0.05) is 42.1 Å². The molecule has 0 aromatic heterocycles. The van der Waals surface area contributed by atoms with Crippen LogP contribution >= 0.6 is 23.5 Å². The van der Waals surface area contributed by atoms with Crippen molar-refractivity contribution in [1.29, 1.82) is 0 Å². The zero-order chi connectivity index (χ0) is 16.1. The van der Waals surface area contributed by atoms with Crippen LogP contribution < -0.4 is 0 Å². The summed E-state index contributed by atoms with van der Waals surface area (Å²) >= 11 is 3.44. The molecule has 0 heterocycles. The summed E-state index contributed by atoms with van der Waals surface area (Å²) in [6.07, 6.45) is 2.07. The molecule has 3 heteroatoms. The molecule has 0 radical (unpaired) electrons. The van der Waals surface area contributed by atoms with Gasteiger partial charge in [-0.25, -0.2) is 0 Å². The van der Waals surface area contributed by atoms with E-state index < -0.39 is 0 Å². The second-order valence-electron chi connectivity index (χ2n) is 5.00. The molecular formula is C20H16OS2. The summed E-state index contributed by atoms with van der Waals surface area (Å²) in [6, 6.07) is 25.7. The number of thioether (sulfide) groups is 1. The first-order valence-corrected chi connectivity index (χ1v) is 9.32. The zero-order valence-electron chi connectivity index (χ0n) is 12.7. The third-order valence-electron chi connectivity index (χ3n) is 3.45. The third-order valence-corrected chi connectivity index (χ3v) is 5.21. The lowest BCUT2D eigenvalue weighted by Gasteiger charge is -2.05. The monoisotopic (exact) mass is 336 g/mol.